The first-order valence-electron chi connectivity index (χ1n) is 9.26. The molecule has 0 unspecified atom stereocenters. The molecule has 3 aromatic heterocycles. The van der Waals surface area contributed by atoms with Crippen molar-refractivity contribution in [2.45, 2.75) is 45.6 Å². The average Bonchev–Trinajstić information content (AvgIpc) is 3.10. The lowest BCUT2D eigenvalue weighted by atomic mass is 10.1. The molecule has 8 heteroatoms. The summed E-state index contributed by atoms with van der Waals surface area (Å²) in [4.78, 5) is 29.6. The number of aryl methyl sites for hydroxylation is 2. The van der Waals surface area contributed by atoms with Gasteiger partial charge in [-0.2, -0.15) is 4.98 Å². The van der Waals surface area contributed by atoms with Crippen LogP contribution >= 0.6 is 11.3 Å². The van der Waals surface area contributed by atoms with Crippen molar-refractivity contribution < 1.29 is 18.8 Å². The van der Waals surface area contributed by atoms with Crippen LogP contribution in [0.2, 0.25) is 0 Å². The number of esters is 1. The van der Waals surface area contributed by atoms with Gasteiger partial charge in [-0.05, 0) is 44.2 Å². The minimum atomic E-state index is -0.458. The van der Waals surface area contributed by atoms with Gasteiger partial charge in [0.15, 0.2) is 6.61 Å². The second kappa shape index (κ2) is 7.71. The summed E-state index contributed by atoms with van der Waals surface area (Å²) in [6, 6.07) is 6.21. The number of Topliss-reactive ketones (excluding diaryl/α,β-unsaturated/α-hetero) is 1. The minimum absolute atomic E-state index is 0.0838. The molecule has 1 aliphatic carbocycles. The van der Waals surface area contributed by atoms with E-state index in [0.717, 1.165) is 29.1 Å². The predicted octanol–water partition coefficient (Wildman–Crippen LogP) is 3.91. The van der Waals surface area contributed by atoms with E-state index in [1.54, 1.807) is 0 Å². The molecular weight excluding hydrogens is 378 g/mol. The summed E-state index contributed by atoms with van der Waals surface area (Å²) in [5, 5.41) is 5.84. The van der Waals surface area contributed by atoms with Crippen LogP contribution < -0.4 is 0 Å². The van der Waals surface area contributed by atoms with Crippen molar-refractivity contribution in [3.63, 3.8) is 0 Å². The van der Waals surface area contributed by atoms with Crippen LogP contribution in [0, 0.1) is 13.8 Å². The zero-order valence-electron chi connectivity index (χ0n) is 15.8. The van der Waals surface area contributed by atoms with E-state index in [1.165, 1.54) is 11.3 Å². The number of ether oxygens (including phenoxy) is 1. The highest BCUT2D eigenvalue weighted by atomic mass is 32.1. The van der Waals surface area contributed by atoms with Gasteiger partial charge in [0.05, 0.1) is 11.3 Å². The van der Waals surface area contributed by atoms with Crippen molar-refractivity contribution in [2.24, 2.45) is 0 Å². The number of carbonyl (C=O) groups excluding carboxylic acids is 2. The molecule has 0 bridgehead atoms. The minimum Gasteiger partial charge on any atom is -0.457 e. The summed E-state index contributed by atoms with van der Waals surface area (Å²) in [7, 11) is 0. The van der Waals surface area contributed by atoms with Gasteiger partial charge in [-0.3, -0.25) is 9.59 Å². The van der Waals surface area contributed by atoms with Crippen LogP contribution in [0.3, 0.4) is 0 Å². The lowest BCUT2D eigenvalue weighted by Crippen LogP contribution is -2.15. The van der Waals surface area contributed by atoms with E-state index >= 15 is 0 Å². The Morgan fingerprint density at radius 1 is 1.36 bits per heavy atom. The van der Waals surface area contributed by atoms with E-state index in [2.05, 4.69) is 14.7 Å². The maximum Gasteiger partial charge on any atom is 0.306 e. The maximum atomic E-state index is 12.5. The number of aromatic nitrogens is 3. The fourth-order valence-corrected chi connectivity index (χ4v) is 3.97. The Labute approximate surface area is 166 Å². The molecule has 4 rings (SSSR count). The molecule has 28 heavy (non-hydrogen) atoms. The molecule has 3 aromatic rings. The number of carbonyl (C=O) groups is 2. The Bertz CT molecular complexity index is 999. The van der Waals surface area contributed by atoms with Crippen LogP contribution in [0.25, 0.3) is 10.7 Å². The highest BCUT2D eigenvalue weighted by Crippen LogP contribution is 2.38. The summed E-state index contributed by atoms with van der Waals surface area (Å²) in [6.45, 7) is 3.70. The van der Waals surface area contributed by atoms with Crippen molar-refractivity contribution in [1.82, 2.24) is 14.7 Å². The van der Waals surface area contributed by atoms with Crippen LogP contribution in [0.4, 0.5) is 0 Å². The van der Waals surface area contributed by atoms with Gasteiger partial charge in [0.1, 0.15) is 0 Å². The van der Waals surface area contributed by atoms with Gasteiger partial charge in [-0.15, -0.1) is 11.3 Å². The molecule has 7 nitrogen and oxygen atoms in total. The molecule has 0 amide bonds. The smallest absolute Gasteiger partial charge is 0.306 e. The Hall–Kier alpha value is -2.74. The van der Waals surface area contributed by atoms with Gasteiger partial charge >= 0.3 is 5.97 Å². The summed E-state index contributed by atoms with van der Waals surface area (Å²) in [5.74, 6) is 0.255. The maximum absolute atomic E-state index is 12.5. The zero-order chi connectivity index (χ0) is 19.7. The van der Waals surface area contributed by atoms with Crippen molar-refractivity contribution in [3.05, 3.63) is 46.4 Å². The van der Waals surface area contributed by atoms with Gasteiger partial charge in [-0.25, -0.2) is 0 Å². The highest BCUT2D eigenvalue weighted by molar-refractivity contribution is 7.13. The van der Waals surface area contributed by atoms with Crippen LogP contribution in [0.5, 0.6) is 0 Å². The second-order valence-electron chi connectivity index (χ2n) is 6.96. The number of ketones is 1. The molecule has 0 atom stereocenters. The average molecular weight is 399 g/mol. The van der Waals surface area contributed by atoms with Gasteiger partial charge in [0.25, 0.3) is 0 Å². The third-order valence-electron chi connectivity index (χ3n) is 4.81. The first-order chi connectivity index (χ1) is 13.5. The standard InChI is InChI=1S/C20H21N3O4S/c1-12-10-15(13(2)23(12)14-5-6-14)16(24)11-26-19(25)8-7-18-21-20(22-27-18)17-4-3-9-28-17/h3-4,9-10,14H,5-8,11H2,1-2H3. The molecular formula is C20H21N3O4S. The lowest BCUT2D eigenvalue weighted by molar-refractivity contribution is -0.142. The number of thiophene rings is 1. The molecule has 0 spiro atoms. The monoisotopic (exact) mass is 399 g/mol. The van der Waals surface area contributed by atoms with Crippen molar-refractivity contribution in [1.29, 1.82) is 0 Å². The van der Waals surface area contributed by atoms with Gasteiger partial charge in [0.2, 0.25) is 17.5 Å². The van der Waals surface area contributed by atoms with E-state index < -0.39 is 5.97 Å². The molecule has 0 N–H and O–H groups in total. The Kier molecular flexibility index (Phi) is 5.13. The first kappa shape index (κ1) is 18.6. The normalized spacial score (nSPS) is 13.6. The summed E-state index contributed by atoms with van der Waals surface area (Å²) in [6.07, 6.45) is 2.67. The number of nitrogens with zero attached hydrogens (tertiary/aromatic N) is 3. The quantitative estimate of drug-likeness (QED) is 0.422. The predicted molar refractivity (Wildman–Crippen MR) is 103 cm³/mol. The molecule has 146 valence electrons. The van der Waals surface area contributed by atoms with Gasteiger partial charge in [0, 0.05) is 29.4 Å². The summed E-state index contributed by atoms with van der Waals surface area (Å²) < 4.78 is 12.5. The molecule has 1 saturated carbocycles. The fourth-order valence-electron chi connectivity index (χ4n) is 3.32. The van der Waals surface area contributed by atoms with E-state index in [1.807, 2.05) is 37.4 Å². The van der Waals surface area contributed by atoms with Crippen LogP contribution in [0.1, 0.15) is 52.9 Å². The Morgan fingerprint density at radius 2 is 2.18 bits per heavy atom. The molecule has 1 aliphatic rings. The second-order valence-corrected chi connectivity index (χ2v) is 7.91. The van der Waals surface area contributed by atoms with Gasteiger partial charge < -0.3 is 13.8 Å². The molecule has 3 heterocycles. The van der Waals surface area contributed by atoms with Crippen LogP contribution in [0.15, 0.2) is 28.1 Å². The summed E-state index contributed by atoms with van der Waals surface area (Å²) >= 11 is 1.52. The van der Waals surface area contributed by atoms with Crippen molar-refractivity contribution in [3.8, 4) is 10.7 Å². The summed E-state index contributed by atoms with van der Waals surface area (Å²) in [5.41, 5.74) is 2.66. The number of rotatable bonds is 8. The van der Waals surface area contributed by atoms with Gasteiger partial charge in [-0.1, -0.05) is 11.2 Å². The first-order valence-corrected chi connectivity index (χ1v) is 10.1. The topological polar surface area (TPSA) is 87.2 Å². The third kappa shape index (κ3) is 3.91. The Balaban J connectivity index is 1.28. The number of hydrogen-bond acceptors (Lipinski definition) is 7. The van der Waals surface area contributed by atoms with E-state index in [9.17, 15) is 9.59 Å². The molecule has 0 aromatic carbocycles. The molecule has 0 radical (unpaired) electrons. The lowest BCUT2D eigenvalue weighted by Gasteiger charge is -2.07. The Morgan fingerprint density at radius 3 is 2.89 bits per heavy atom. The highest BCUT2D eigenvalue weighted by Gasteiger charge is 2.28. The van der Waals surface area contributed by atoms with Crippen molar-refractivity contribution in [2.75, 3.05) is 6.61 Å². The van der Waals surface area contributed by atoms with Crippen LogP contribution in [-0.4, -0.2) is 33.1 Å². The van der Waals surface area contributed by atoms with E-state index in [4.69, 9.17) is 9.26 Å². The SMILES string of the molecule is Cc1cc(C(=O)COC(=O)CCc2nc(-c3cccs3)no2)c(C)n1C1CC1. The fraction of sp³-hybridized carbons (Fsp3) is 0.400. The van der Waals surface area contributed by atoms with E-state index in [-0.39, 0.29) is 25.2 Å². The zero-order valence-corrected chi connectivity index (χ0v) is 16.6. The molecule has 0 saturated heterocycles. The number of hydrogen-bond donors (Lipinski definition) is 0. The largest absolute Gasteiger partial charge is 0.457 e. The van der Waals surface area contributed by atoms with Crippen LogP contribution in [-0.2, 0) is 16.0 Å². The molecule has 0 aliphatic heterocycles. The van der Waals surface area contributed by atoms with Crippen molar-refractivity contribution >= 4 is 23.1 Å². The third-order valence-corrected chi connectivity index (χ3v) is 5.68. The molecule has 1 fully saturated rings. The van der Waals surface area contributed by atoms with E-state index in [0.29, 0.717) is 23.3 Å².